The highest BCUT2D eigenvalue weighted by molar-refractivity contribution is 5.79. The van der Waals surface area contributed by atoms with Gasteiger partial charge in [-0.25, -0.2) is 0 Å². The summed E-state index contributed by atoms with van der Waals surface area (Å²) in [5.41, 5.74) is 1.79. The fourth-order valence-electron chi connectivity index (χ4n) is 4.13. The second-order valence-corrected chi connectivity index (χ2v) is 8.23. The summed E-state index contributed by atoms with van der Waals surface area (Å²) in [4.78, 5) is 19.5. The van der Waals surface area contributed by atoms with Gasteiger partial charge in [0.2, 0.25) is 17.6 Å². The Hall–Kier alpha value is -3.59. The van der Waals surface area contributed by atoms with Crippen LogP contribution >= 0.6 is 0 Å². The van der Waals surface area contributed by atoms with Crippen LogP contribution in [0.4, 0.5) is 0 Å². The fraction of sp³-hybridized carbons (Fsp3) is 0.400. The van der Waals surface area contributed by atoms with Crippen molar-refractivity contribution in [2.24, 2.45) is 5.92 Å². The van der Waals surface area contributed by atoms with Crippen molar-refractivity contribution >= 4 is 5.91 Å². The summed E-state index contributed by atoms with van der Waals surface area (Å²) in [7, 11) is 4.81. The highest BCUT2D eigenvalue weighted by atomic mass is 16.5. The summed E-state index contributed by atoms with van der Waals surface area (Å²) < 4.78 is 21.4. The number of rotatable bonds is 9. The Morgan fingerprint density at radius 1 is 1.12 bits per heavy atom. The molecule has 1 aromatic heterocycles. The van der Waals surface area contributed by atoms with Gasteiger partial charge in [-0.2, -0.15) is 4.98 Å². The Balaban J connectivity index is 1.33. The molecule has 34 heavy (non-hydrogen) atoms. The van der Waals surface area contributed by atoms with Crippen LogP contribution < -0.4 is 19.5 Å². The topological polar surface area (TPSA) is 99.0 Å². The third kappa shape index (κ3) is 5.66. The summed E-state index contributed by atoms with van der Waals surface area (Å²) in [6, 6.07) is 13.2. The predicted octanol–water partition coefficient (Wildman–Crippen LogP) is 3.29. The van der Waals surface area contributed by atoms with E-state index < -0.39 is 0 Å². The maximum Gasteiger partial charge on any atom is 0.241 e. The molecule has 180 valence electrons. The summed E-state index contributed by atoms with van der Waals surface area (Å²) >= 11 is 0. The van der Waals surface area contributed by atoms with E-state index in [9.17, 15) is 4.79 Å². The van der Waals surface area contributed by atoms with Gasteiger partial charge in [-0.15, -0.1) is 0 Å². The summed E-state index contributed by atoms with van der Waals surface area (Å²) in [5.74, 6) is 3.01. The van der Waals surface area contributed by atoms with E-state index in [1.54, 1.807) is 21.3 Å². The Morgan fingerprint density at radius 3 is 2.76 bits per heavy atom. The lowest BCUT2D eigenvalue weighted by Crippen LogP contribution is -2.42. The lowest BCUT2D eigenvalue weighted by Gasteiger charge is -2.30. The van der Waals surface area contributed by atoms with Gasteiger partial charge >= 0.3 is 0 Å². The van der Waals surface area contributed by atoms with Crippen molar-refractivity contribution in [1.82, 2.24) is 20.4 Å². The van der Waals surface area contributed by atoms with Crippen molar-refractivity contribution in [3.63, 3.8) is 0 Å². The zero-order chi connectivity index (χ0) is 23.9. The Labute approximate surface area is 199 Å². The fourth-order valence-corrected chi connectivity index (χ4v) is 4.13. The molecule has 2 aromatic carbocycles. The minimum Gasteiger partial charge on any atom is -0.497 e. The molecule has 1 aliphatic heterocycles. The first-order chi connectivity index (χ1) is 16.6. The van der Waals surface area contributed by atoms with Crippen molar-refractivity contribution in [3.8, 4) is 28.6 Å². The number of nitrogens with zero attached hydrogens (tertiary/aromatic N) is 3. The lowest BCUT2D eigenvalue weighted by atomic mass is 9.97. The number of benzene rings is 2. The van der Waals surface area contributed by atoms with Crippen molar-refractivity contribution < 1.29 is 23.5 Å². The highest BCUT2D eigenvalue weighted by Gasteiger charge is 2.27. The summed E-state index contributed by atoms with van der Waals surface area (Å²) in [6.45, 7) is 2.51. The number of carbonyl (C=O) groups excluding carboxylic acids is 1. The zero-order valence-electron chi connectivity index (χ0n) is 19.7. The number of nitrogens with one attached hydrogen (secondary N) is 1. The number of carbonyl (C=O) groups is 1. The van der Waals surface area contributed by atoms with Crippen LogP contribution in [0.3, 0.4) is 0 Å². The average molecular weight is 467 g/mol. The quantitative estimate of drug-likeness (QED) is 0.513. The third-order valence-electron chi connectivity index (χ3n) is 5.95. The largest absolute Gasteiger partial charge is 0.497 e. The van der Waals surface area contributed by atoms with Crippen molar-refractivity contribution in [2.45, 2.75) is 25.9 Å². The van der Waals surface area contributed by atoms with Gasteiger partial charge in [0.1, 0.15) is 5.75 Å². The number of likely N-dealkylation sites (tertiary alicyclic amines) is 1. The van der Waals surface area contributed by atoms with Gasteiger partial charge < -0.3 is 24.1 Å². The monoisotopic (exact) mass is 466 g/mol. The molecule has 3 aromatic rings. The summed E-state index contributed by atoms with van der Waals surface area (Å²) in [6.07, 6.45) is 1.80. The first kappa shape index (κ1) is 23.6. The molecule has 0 unspecified atom stereocenters. The number of piperidine rings is 1. The van der Waals surface area contributed by atoms with Crippen LogP contribution in [0.5, 0.6) is 17.2 Å². The van der Waals surface area contributed by atoms with Crippen LogP contribution in [0.25, 0.3) is 11.4 Å². The molecule has 9 heteroatoms. The van der Waals surface area contributed by atoms with Gasteiger partial charge in [0, 0.05) is 18.7 Å². The summed E-state index contributed by atoms with van der Waals surface area (Å²) in [5, 5.41) is 7.17. The SMILES string of the molecule is COc1cccc(CNC(=O)[C@H]2CCCN(Cc3nc(-c4ccc(OC)c(OC)c4)no3)C2)c1. The molecule has 0 bridgehead atoms. The molecule has 0 saturated carbocycles. The highest BCUT2D eigenvalue weighted by Crippen LogP contribution is 2.31. The molecule has 1 fully saturated rings. The predicted molar refractivity (Wildman–Crippen MR) is 126 cm³/mol. The van der Waals surface area contributed by atoms with Crippen molar-refractivity contribution in [2.75, 3.05) is 34.4 Å². The molecule has 0 aliphatic carbocycles. The average Bonchev–Trinajstić information content (AvgIpc) is 3.35. The number of hydrogen-bond donors (Lipinski definition) is 1. The van der Waals surface area contributed by atoms with Crippen LogP contribution in [0.15, 0.2) is 47.0 Å². The number of methoxy groups -OCH3 is 3. The standard InChI is InChI=1S/C25H30N4O5/c1-31-20-8-4-6-17(12-20)14-26-25(30)19-7-5-11-29(15-19)16-23-27-24(28-34-23)18-9-10-21(32-2)22(13-18)33-3/h4,6,8-10,12-13,19H,5,7,11,14-16H2,1-3H3,(H,26,30)/t19-/m0/s1. The smallest absolute Gasteiger partial charge is 0.241 e. The molecule has 1 N–H and O–H groups in total. The first-order valence-corrected chi connectivity index (χ1v) is 11.3. The number of ether oxygens (including phenoxy) is 3. The zero-order valence-corrected chi connectivity index (χ0v) is 19.7. The van der Waals surface area contributed by atoms with Crippen molar-refractivity contribution in [3.05, 3.63) is 53.9 Å². The van der Waals surface area contributed by atoms with Crippen molar-refractivity contribution in [1.29, 1.82) is 0 Å². The van der Waals surface area contributed by atoms with E-state index in [0.29, 0.717) is 42.8 Å². The van der Waals surface area contributed by atoms with Crippen LogP contribution in [0.2, 0.25) is 0 Å². The van der Waals surface area contributed by atoms with E-state index in [2.05, 4.69) is 20.4 Å². The molecule has 0 radical (unpaired) electrons. The molecule has 9 nitrogen and oxygen atoms in total. The van der Waals surface area contributed by atoms with E-state index in [0.717, 1.165) is 36.3 Å². The van der Waals surface area contributed by atoms with E-state index >= 15 is 0 Å². The molecule has 1 aliphatic rings. The maximum atomic E-state index is 12.8. The molecular weight excluding hydrogens is 436 g/mol. The van der Waals surface area contributed by atoms with E-state index in [1.165, 1.54) is 0 Å². The minimum atomic E-state index is -0.0763. The van der Waals surface area contributed by atoms with Crippen LogP contribution in [-0.4, -0.2) is 55.4 Å². The molecule has 1 atom stereocenters. The molecule has 0 spiro atoms. The molecule has 4 rings (SSSR count). The van der Waals surface area contributed by atoms with E-state index in [4.69, 9.17) is 18.7 Å². The maximum absolute atomic E-state index is 12.8. The Bertz CT molecular complexity index is 1120. The minimum absolute atomic E-state index is 0.0593. The van der Waals surface area contributed by atoms with Gasteiger partial charge in [0.25, 0.3) is 0 Å². The van der Waals surface area contributed by atoms with Gasteiger partial charge in [-0.3, -0.25) is 9.69 Å². The first-order valence-electron chi connectivity index (χ1n) is 11.3. The van der Waals surface area contributed by atoms with Gasteiger partial charge in [0.05, 0.1) is 33.8 Å². The van der Waals surface area contributed by atoms with Gasteiger partial charge in [0.15, 0.2) is 11.5 Å². The Morgan fingerprint density at radius 2 is 1.97 bits per heavy atom. The van der Waals surface area contributed by atoms with Gasteiger partial charge in [-0.1, -0.05) is 17.3 Å². The molecule has 1 amide bonds. The molecule has 1 saturated heterocycles. The second-order valence-electron chi connectivity index (χ2n) is 8.23. The number of amides is 1. The molecular formula is C25H30N4O5. The lowest BCUT2D eigenvalue weighted by molar-refractivity contribution is -0.127. The van der Waals surface area contributed by atoms with Gasteiger partial charge in [-0.05, 0) is 55.3 Å². The number of aromatic nitrogens is 2. The van der Waals surface area contributed by atoms with Crippen LogP contribution in [0.1, 0.15) is 24.3 Å². The van der Waals surface area contributed by atoms with Crippen LogP contribution in [0, 0.1) is 5.92 Å². The van der Waals surface area contributed by atoms with Crippen LogP contribution in [-0.2, 0) is 17.9 Å². The number of hydrogen-bond acceptors (Lipinski definition) is 8. The third-order valence-corrected chi connectivity index (χ3v) is 5.95. The van der Waals surface area contributed by atoms with E-state index in [1.807, 2.05) is 42.5 Å². The van der Waals surface area contributed by atoms with E-state index in [-0.39, 0.29) is 11.8 Å². The Kier molecular flexibility index (Phi) is 7.64. The second kappa shape index (κ2) is 11.0. The normalized spacial score (nSPS) is 16.1. The molecule has 2 heterocycles.